The number of benzene rings is 1. The number of nitrogens with one attached hydrogen (secondary N) is 1. The lowest BCUT2D eigenvalue weighted by Crippen LogP contribution is -2.44. The number of anilines is 1. The van der Waals surface area contributed by atoms with Crippen molar-refractivity contribution in [3.63, 3.8) is 0 Å². The molecule has 128 valence electrons. The van der Waals surface area contributed by atoms with Crippen LogP contribution < -0.4 is 5.32 Å². The van der Waals surface area contributed by atoms with E-state index in [1.165, 1.54) is 22.3 Å². The minimum Gasteiger partial charge on any atom is -0.507 e. The average Bonchev–Trinajstić information content (AvgIpc) is 3.17. The molecule has 0 spiro atoms. The van der Waals surface area contributed by atoms with E-state index in [4.69, 9.17) is 12.2 Å². The number of aromatic nitrogens is 1. The maximum Gasteiger partial charge on any atom is 0.266 e. The first-order valence-corrected chi connectivity index (χ1v) is 9.33. The lowest BCUT2D eigenvalue weighted by Gasteiger charge is -2.21. The summed E-state index contributed by atoms with van der Waals surface area (Å²) in [5.74, 6) is -0.655. The molecule has 1 aliphatic rings. The van der Waals surface area contributed by atoms with Crippen LogP contribution in [0.1, 0.15) is 12.5 Å². The molecule has 1 aromatic carbocycles. The van der Waals surface area contributed by atoms with E-state index in [1.54, 1.807) is 42.8 Å². The van der Waals surface area contributed by atoms with Crippen LogP contribution in [0, 0.1) is 0 Å². The molecule has 1 fully saturated rings. The summed E-state index contributed by atoms with van der Waals surface area (Å²) >= 11 is 7.66. The summed E-state index contributed by atoms with van der Waals surface area (Å²) in [6.07, 6.45) is 3.15. The van der Waals surface area contributed by atoms with Gasteiger partial charge < -0.3 is 10.4 Å². The fourth-order valence-electron chi connectivity index (χ4n) is 2.18. The van der Waals surface area contributed by atoms with Gasteiger partial charge in [0, 0.05) is 17.1 Å². The summed E-state index contributed by atoms with van der Waals surface area (Å²) in [7, 11) is 0. The zero-order valence-corrected chi connectivity index (χ0v) is 15.5. The van der Waals surface area contributed by atoms with Crippen LogP contribution in [0.2, 0.25) is 0 Å². The summed E-state index contributed by atoms with van der Waals surface area (Å²) in [6, 6.07) is 5.92. The van der Waals surface area contributed by atoms with Gasteiger partial charge in [0.05, 0.1) is 4.91 Å². The lowest BCUT2D eigenvalue weighted by atomic mass is 10.2. The van der Waals surface area contributed by atoms with Gasteiger partial charge in [-0.1, -0.05) is 42.2 Å². The van der Waals surface area contributed by atoms with Crippen LogP contribution in [0.15, 0.2) is 40.7 Å². The Kier molecular flexibility index (Phi) is 5.16. The monoisotopic (exact) mass is 391 g/mol. The molecule has 1 atom stereocenters. The molecule has 2 aromatic rings. The van der Waals surface area contributed by atoms with Crippen molar-refractivity contribution in [1.82, 2.24) is 9.88 Å². The summed E-state index contributed by atoms with van der Waals surface area (Å²) < 4.78 is 0.299. The Hall–Kier alpha value is -2.23. The molecular formula is C16H13N3O3S3. The molecule has 9 heteroatoms. The molecule has 2 amide bonds. The third-order valence-electron chi connectivity index (χ3n) is 3.48. The van der Waals surface area contributed by atoms with Crippen LogP contribution in [0.4, 0.5) is 5.13 Å². The number of carbonyl (C=O) groups is 2. The van der Waals surface area contributed by atoms with Crippen molar-refractivity contribution in [3.05, 3.63) is 46.3 Å². The van der Waals surface area contributed by atoms with Crippen LogP contribution in [0.3, 0.4) is 0 Å². The van der Waals surface area contributed by atoms with Crippen molar-refractivity contribution in [2.75, 3.05) is 5.32 Å². The van der Waals surface area contributed by atoms with E-state index in [2.05, 4.69) is 10.3 Å². The molecule has 1 unspecified atom stereocenters. The molecule has 0 aliphatic carbocycles. The van der Waals surface area contributed by atoms with Gasteiger partial charge in [-0.15, -0.1) is 11.3 Å². The largest absolute Gasteiger partial charge is 0.507 e. The first-order chi connectivity index (χ1) is 12.0. The van der Waals surface area contributed by atoms with Crippen molar-refractivity contribution >= 4 is 62.7 Å². The molecule has 6 nitrogen and oxygen atoms in total. The Bertz CT molecular complexity index is 865. The molecule has 2 N–H and O–H groups in total. The van der Waals surface area contributed by atoms with E-state index in [0.717, 1.165) is 11.8 Å². The fraction of sp³-hybridized carbons (Fsp3) is 0.125. The third-order valence-corrected chi connectivity index (χ3v) is 5.50. The van der Waals surface area contributed by atoms with Gasteiger partial charge in [0.1, 0.15) is 16.1 Å². The number of phenols is 1. The summed E-state index contributed by atoms with van der Waals surface area (Å²) in [6.45, 7) is 1.61. The molecule has 1 aromatic heterocycles. The van der Waals surface area contributed by atoms with Gasteiger partial charge >= 0.3 is 0 Å². The minimum absolute atomic E-state index is 0.0716. The normalized spacial score (nSPS) is 17.2. The molecule has 3 rings (SSSR count). The molecule has 0 saturated carbocycles. The number of amides is 2. The minimum atomic E-state index is -0.772. The molecule has 0 bridgehead atoms. The van der Waals surface area contributed by atoms with E-state index < -0.39 is 6.04 Å². The predicted molar refractivity (Wildman–Crippen MR) is 103 cm³/mol. The molecule has 2 heterocycles. The standard InChI is InChI=1S/C16H13N3O3S3/c1-9(13(21)18-15-17-6-7-24-15)19-14(22)12(25-16(19)23)8-10-4-2-3-5-11(10)20/h2-9,20H,1H3,(H,17,18,21)/b12-8-. The van der Waals surface area contributed by atoms with E-state index in [9.17, 15) is 14.7 Å². The molecule has 1 saturated heterocycles. The van der Waals surface area contributed by atoms with Crippen LogP contribution in [0.25, 0.3) is 6.08 Å². The smallest absolute Gasteiger partial charge is 0.266 e. The van der Waals surface area contributed by atoms with Crippen LogP contribution in [0.5, 0.6) is 5.75 Å². The highest BCUT2D eigenvalue weighted by molar-refractivity contribution is 8.26. The number of para-hydroxylation sites is 1. The molecular weight excluding hydrogens is 378 g/mol. The van der Waals surface area contributed by atoms with Gasteiger partial charge in [0.15, 0.2) is 5.13 Å². The van der Waals surface area contributed by atoms with Gasteiger partial charge in [0.2, 0.25) is 5.91 Å². The zero-order valence-electron chi connectivity index (χ0n) is 13.0. The highest BCUT2D eigenvalue weighted by Crippen LogP contribution is 2.35. The maximum atomic E-state index is 12.7. The van der Waals surface area contributed by atoms with Crippen molar-refractivity contribution < 1.29 is 14.7 Å². The van der Waals surface area contributed by atoms with Crippen molar-refractivity contribution in [2.45, 2.75) is 13.0 Å². The number of aromatic hydroxyl groups is 1. The predicted octanol–water partition coefficient (Wildman–Crippen LogP) is 3.08. The summed E-state index contributed by atoms with van der Waals surface area (Å²) in [4.78, 5) is 30.6. The Labute approximate surface area is 157 Å². The average molecular weight is 391 g/mol. The van der Waals surface area contributed by atoms with Crippen molar-refractivity contribution in [3.8, 4) is 5.75 Å². The van der Waals surface area contributed by atoms with Crippen LogP contribution in [-0.2, 0) is 9.59 Å². The van der Waals surface area contributed by atoms with Crippen molar-refractivity contribution in [1.29, 1.82) is 0 Å². The Balaban J connectivity index is 1.79. The van der Waals surface area contributed by atoms with E-state index in [0.29, 0.717) is 19.9 Å². The van der Waals surface area contributed by atoms with Crippen LogP contribution >= 0.6 is 35.3 Å². The van der Waals surface area contributed by atoms with Crippen molar-refractivity contribution in [2.24, 2.45) is 0 Å². The molecule has 25 heavy (non-hydrogen) atoms. The van der Waals surface area contributed by atoms with Gasteiger partial charge in [-0.25, -0.2) is 4.98 Å². The highest BCUT2D eigenvalue weighted by Gasteiger charge is 2.38. The second-order valence-electron chi connectivity index (χ2n) is 5.11. The molecule has 1 aliphatic heterocycles. The fourth-order valence-corrected chi connectivity index (χ4v) is 4.12. The Morgan fingerprint density at radius 1 is 1.44 bits per heavy atom. The number of carbonyl (C=O) groups excluding carboxylic acids is 2. The summed E-state index contributed by atoms with van der Waals surface area (Å²) in [5, 5.41) is 14.7. The summed E-state index contributed by atoms with van der Waals surface area (Å²) in [5.41, 5.74) is 0.517. The van der Waals surface area contributed by atoms with Gasteiger partial charge in [0.25, 0.3) is 5.91 Å². The van der Waals surface area contributed by atoms with Gasteiger partial charge in [-0.2, -0.15) is 0 Å². The number of thiocarbonyl (C=S) groups is 1. The second kappa shape index (κ2) is 7.34. The number of thiazole rings is 1. The number of rotatable bonds is 4. The second-order valence-corrected chi connectivity index (χ2v) is 7.68. The maximum absolute atomic E-state index is 12.7. The Morgan fingerprint density at radius 2 is 2.20 bits per heavy atom. The number of nitrogens with zero attached hydrogens (tertiary/aromatic N) is 2. The first kappa shape index (κ1) is 17.6. The topological polar surface area (TPSA) is 82.5 Å². The zero-order chi connectivity index (χ0) is 18.0. The van der Waals surface area contributed by atoms with Crippen LogP contribution in [-0.4, -0.2) is 37.2 Å². The number of hydrogen-bond donors (Lipinski definition) is 2. The quantitative estimate of drug-likeness (QED) is 0.616. The van der Waals surface area contributed by atoms with Gasteiger partial charge in [-0.3, -0.25) is 14.5 Å². The van der Waals surface area contributed by atoms with Gasteiger partial charge in [-0.05, 0) is 19.1 Å². The highest BCUT2D eigenvalue weighted by atomic mass is 32.2. The van der Waals surface area contributed by atoms with E-state index in [1.807, 2.05) is 0 Å². The third kappa shape index (κ3) is 3.73. The van der Waals surface area contributed by atoms with E-state index >= 15 is 0 Å². The lowest BCUT2D eigenvalue weighted by molar-refractivity contribution is -0.129. The number of thioether (sulfide) groups is 1. The van der Waals surface area contributed by atoms with E-state index in [-0.39, 0.29) is 17.6 Å². The first-order valence-electron chi connectivity index (χ1n) is 7.23. The molecule has 0 radical (unpaired) electrons. The Morgan fingerprint density at radius 3 is 2.88 bits per heavy atom. The number of hydrogen-bond acceptors (Lipinski definition) is 7. The SMILES string of the molecule is CC(C(=O)Nc1nccs1)N1C(=O)/C(=C/c2ccccc2O)SC1=S. The number of phenolic OH excluding ortho intramolecular Hbond substituents is 1.